The van der Waals surface area contributed by atoms with Crippen molar-refractivity contribution in [2.45, 2.75) is 50.5 Å². The Morgan fingerprint density at radius 1 is 0.963 bits per heavy atom. The van der Waals surface area contributed by atoms with E-state index >= 15 is 0 Å². The van der Waals surface area contributed by atoms with E-state index in [-0.39, 0.29) is 17.7 Å². The molecule has 0 unspecified atom stereocenters. The normalized spacial score (nSPS) is 23.7. The van der Waals surface area contributed by atoms with Crippen LogP contribution in [0.25, 0.3) is 0 Å². The van der Waals surface area contributed by atoms with Crippen LogP contribution in [0, 0.1) is 11.8 Å². The molecule has 4 rings (SSSR count). The Morgan fingerprint density at radius 3 is 2.07 bits per heavy atom. The van der Waals surface area contributed by atoms with Crippen LogP contribution >= 0.6 is 0 Å². The number of pyridine rings is 1. The molecule has 2 amide bonds. The van der Waals surface area contributed by atoms with Crippen LogP contribution in [0.3, 0.4) is 0 Å². The highest BCUT2D eigenvalue weighted by Gasteiger charge is 2.38. The van der Waals surface area contributed by atoms with Gasteiger partial charge in [-0.1, -0.05) is 12.5 Å². The summed E-state index contributed by atoms with van der Waals surface area (Å²) in [6.07, 6.45) is 9.27. The Morgan fingerprint density at radius 2 is 1.56 bits per heavy atom. The number of carbonyl (C=O) groups is 2. The minimum atomic E-state index is -0.885. The second-order valence-electron chi connectivity index (χ2n) is 8.33. The Balaban J connectivity index is 1.28. The van der Waals surface area contributed by atoms with Gasteiger partial charge in [-0.15, -0.1) is 0 Å². The molecule has 1 aromatic heterocycles. The zero-order chi connectivity index (χ0) is 18.9. The fourth-order valence-electron chi connectivity index (χ4n) is 4.54. The van der Waals surface area contributed by atoms with Crippen molar-refractivity contribution in [1.82, 2.24) is 14.8 Å². The highest BCUT2D eigenvalue weighted by atomic mass is 16.3. The molecule has 0 spiro atoms. The number of likely N-dealkylation sites (tertiary alicyclic amines) is 2. The lowest BCUT2D eigenvalue weighted by molar-refractivity contribution is -0.146. The van der Waals surface area contributed by atoms with E-state index in [0.29, 0.717) is 44.9 Å². The summed E-state index contributed by atoms with van der Waals surface area (Å²) in [5.74, 6) is 0.746. The molecule has 0 bridgehead atoms. The van der Waals surface area contributed by atoms with E-state index in [0.717, 1.165) is 31.2 Å². The van der Waals surface area contributed by atoms with E-state index in [1.807, 2.05) is 21.9 Å². The summed E-state index contributed by atoms with van der Waals surface area (Å²) in [6, 6.07) is 3.74. The van der Waals surface area contributed by atoms with Gasteiger partial charge in [-0.25, -0.2) is 0 Å². The second-order valence-corrected chi connectivity index (χ2v) is 8.33. The van der Waals surface area contributed by atoms with Gasteiger partial charge in [-0.3, -0.25) is 14.6 Å². The van der Waals surface area contributed by atoms with Crippen LogP contribution in [0.4, 0.5) is 0 Å². The maximum atomic E-state index is 12.9. The maximum absolute atomic E-state index is 12.9. The van der Waals surface area contributed by atoms with E-state index in [1.165, 1.54) is 6.42 Å². The van der Waals surface area contributed by atoms with E-state index in [1.54, 1.807) is 12.4 Å². The molecule has 146 valence electrons. The summed E-state index contributed by atoms with van der Waals surface area (Å²) in [5, 5.41) is 10.9. The van der Waals surface area contributed by atoms with Gasteiger partial charge in [-0.05, 0) is 44.6 Å². The molecule has 6 nitrogen and oxygen atoms in total. The molecule has 2 saturated heterocycles. The van der Waals surface area contributed by atoms with Crippen molar-refractivity contribution < 1.29 is 14.7 Å². The third kappa shape index (κ3) is 3.72. The van der Waals surface area contributed by atoms with Crippen molar-refractivity contribution in [3.8, 4) is 0 Å². The lowest BCUT2D eigenvalue weighted by Crippen LogP contribution is -2.50. The van der Waals surface area contributed by atoms with E-state index in [9.17, 15) is 14.7 Å². The van der Waals surface area contributed by atoms with Gasteiger partial charge in [0.25, 0.3) is 0 Å². The zero-order valence-electron chi connectivity index (χ0n) is 15.8. The smallest absolute Gasteiger partial charge is 0.225 e. The molecule has 2 aliphatic heterocycles. The van der Waals surface area contributed by atoms with Crippen molar-refractivity contribution in [3.63, 3.8) is 0 Å². The number of hydrogen-bond acceptors (Lipinski definition) is 4. The number of piperidine rings is 2. The lowest BCUT2D eigenvalue weighted by atomic mass is 9.83. The summed E-state index contributed by atoms with van der Waals surface area (Å²) in [4.78, 5) is 33.2. The average Bonchev–Trinajstić information content (AvgIpc) is 2.67. The first-order valence-electron chi connectivity index (χ1n) is 10.3. The number of nitrogens with zero attached hydrogens (tertiary/aromatic N) is 3. The van der Waals surface area contributed by atoms with Crippen molar-refractivity contribution in [2.75, 3.05) is 26.2 Å². The minimum absolute atomic E-state index is 0.0139. The zero-order valence-corrected chi connectivity index (χ0v) is 15.8. The van der Waals surface area contributed by atoms with Crippen LogP contribution in [0.15, 0.2) is 24.5 Å². The first-order chi connectivity index (χ1) is 13.1. The quantitative estimate of drug-likeness (QED) is 0.881. The third-order valence-electron chi connectivity index (χ3n) is 6.71. The summed E-state index contributed by atoms with van der Waals surface area (Å²) >= 11 is 0. The summed E-state index contributed by atoms with van der Waals surface area (Å²) < 4.78 is 0. The number of aromatic nitrogens is 1. The van der Waals surface area contributed by atoms with E-state index < -0.39 is 5.60 Å². The van der Waals surface area contributed by atoms with E-state index in [2.05, 4.69) is 4.98 Å². The maximum Gasteiger partial charge on any atom is 0.225 e. The molecule has 6 heteroatoms. The van der Waals surface area contributed by atoms with Crippen LogP contribution in [0.2, 0.25) is 0 Å². The fraction of sp³-hybridized carbons (Fsp3) is 0.667. The first kappa shape index (κ1) is 18.4. The predicted molar refractivity (Wildman–Crippen MR) is 101 cm³/mol. The monoisotopic (exact) mass is 371 g/mol. The third-order valence-corrected chi connectivity index (χ3v) is 6.71. The number of amides is 2. The molecular weight excluding hydrogens is 342 g/mol. The van der Waals surface area contributed by atoms with Crippen LogP contribution in [0.5, 0.6) is 0 Å². The van der Waals surface area contributed by atoms with Crippen LogP contribution < -0.4 is 0 Å². The summed E-state index contributed by atoms with van der Waals surface area (Å²) in [6.45, 7) is 2.56. The topological polar surface area (TPSA) is 73.7 Å². The molecule has 0 radical (unpaired) electrons. The number of aliphatic hydroxyl groups is 1. The average molecular weight is 371 g/mol. The van der Waals surface area contributed by atoms with Crippen molar-refractivity contribution >= 4 is 11.8 Å². The van der Waals surface area contributed by atoms with Gasteiger partial charge in [0.1, 0.15) is 0 Å². The molecule has 3 aliphatic rings. The Labute approximate surface area is 160 Å². The van der Waals surface area contributed by atoms with Crippen molar-refractivity contribution in [3.05, 3.63) is 30.1 Å². The van der Waals surface area contributed by atoms with Crippen LogP contribution in [0.1, 0.15) is 50.5 Å². The summed E-state index contributed by atoms with van der Waals surface area (Å²) in [7, 11) is 0. The molecule has 27 heavy (non-hydrogen) atoms. The molecule has 0 aromatic carbocycles. The standard InChI is InChI=1S/C21H29N3O3/c25-19(16-3-1-4-16)23-11-6-17(7-12-23)20(26)24-13-8-21(27,9-14-24)18-5-2-10-22-15-18/h2,5,10,15-17,27H,1,3-4,6-9,11-14H2. The molecule has 3 fully saturated rings. The molecule has 1 aromatic rings. The molecule has 1 aliphatic carbocycles. The number of rotatable bonds is 3. The van der Waals surface area contributed by atoms with Crippen LogP contribution in [-0.2, 0) is 15.2 Å². The van der Waals surface area contributed by atoms with E-state index in [4.69, 9.17) is 0 Å². The van der Waals surface area contributed by atoms with Gasteiger partial charge in [-0.2, -0.15) is 0 Å². The molecular formula is C21H29N3O3. The van der Waals surface area contributed by atoms with Gasteiger partial charge < -0.3 is 14.9 Å². The second kappa shape index (κ2) is 7.58. The number of carbonyl (C=O) groups excluding carboxylic acids is 2. The summed E-state index contributed by atoms with van der Waals surface area (Å²) in [5.41, 5.74) is -0.0521. The predicted octanol–water partition coefficient (Wildman–Crippen LogP) is 1.93. The Bertz CT molecular complexity index is 673. The van der Waals surface area contributed by atoms with Crippen molar-refractivity contribution in [1.29, 1.82) is 0 Å². The Kier molecular flexibility index (Phi) is 5.17. The fourth-order valence-corrected chi connectivity index (χ4v) is 4.54. The molecule has 0 atom stereocenters. The van der Waals surface area contributed by atoms with Gasteiger partial charge in [0.2, 0.25) is 11.8 Å². The van der Waals surface area contributed by atoms with Gasteiger partial charge >= 0.3 is 0 Å². The highest BCUT2D eigenvalue weighted by molar-refractivity contribution is 5.81. The largest absolute Gasteiger partial charge is 0.385 e. The molecule has 1 saturated carbocycles. The SMILES string of the molecule is O=C(C1CCC1)N1CCC(C(=O)N2CCC(O)(c3cccnc3)CC2)CC1. The first-order valence-corrected chi connectivity index (χ1v) is 10.3. The minimum Gasteiger partial charge on any atom is -0.385 e. The lowest BCUT2D eigenvalue weighted by Gasteiger charge is -2.41. The van der Waals surface area contributed by atoms with Gasteiger partial charge in [0, 0.05) is 56.0 Å². The van der Waals surface area contributed by atoms with Crippen molar-refractivity contribution in [2.24, 2.45) is 11.8 Å². The van der Waals surface area contributed by atoms with Gasteiger partial charge in [0.15, 0.2) is 0 Å². The van der Waals surface area contributed by atoms with Gasteiger partial charge in [0.05, 0.1) is 5.60 Å². The molecule has 3 heterocycles. The van der Waals surface area contributed by atoms with Crippen LogP contribution in [-0.4, -0.2) is 57.9 Å². The Hall–Kier alpha value is -1.95. The number of hydrogen-bond donors (Lipinski definition) is 1. The highest BCUT2D eigenvalue weighted by Crippen LogP contribution is 2.34. The molecule has 1 N–H and O–H groups in total.